The number of phenolic OH excluding ortho intramolecular Hbond substituents is 1. The van der Waals surface area contributed by atoms with Crippen molar-refractivity contribution in [1.82, 2.24) is 9.47 Å². The molecule has 1 aliphatic carbocycles. The van der Waals surface area contributed by atoms with Gasteiger partial charge in [-0.3, -0.25) is 9.69 Å². The van der Waals surface area contributed by atoms with Crippen LogP contribution in [0.15, 0.2) is 44.3 Å². The zero-order valence-electron chi connectivity index (χ0n) is 16.8. The van der Waals surface area contributed by atoms with Crippen molar-refractivity contribution in [2.24, 2.45) is 5.92 Å². The smallest absolute Gasteiger partial charge is 0.339 e. The number of aryl methyl sites for hydroxylation is 1. The number of hydrogen-bond donors (Lipinski definition) is 1. The van der Waals surface area contributed by atoms with Gasteiger partial charge >= 0.3 is 5.63 Å². The maximum Gasteiger partial charge on any atom is 0.339 e. The van der Waals surface area contributed by atoms with E-state index < -0.39 is 0 Å². The molecule has 0 radical (unpaired) electrons. The minimum absolute atomic E-state index is 0.0815. The van der Waals surface area contributed by atoms with Crippen molar-refractivity contribution < 1.29 is 9.52 Å². The molecule has 0 saturated carbocycles. The first-order chi connectivity index (χ1) is 14.6. The lowest BCUT2D eigenvalue weighted by Gasteiger charge is -2.42. The fourth-order valence-corrected chi connectivity index (χ4v) is 5.89. The largest absolute Gasteiger partial charge is 0.507 e. The third kappa shape index (κ3) is 2.67. The molecule has 0 spiro atoms. The molecular formula is C24H24N2O4. The first-order valence-corrected chi connectivity index (χ1v) is 10.8. The van der Waals surface area contributed by atoms with Gasteiger partial charge in [0.15, 0.2) is 0 Å². The Morgan fingerprint density at radius 2 is 1.90 bits per heavy atom. The molecule has 1 fully saturated rings. The van der Waals surface area contributed by atoms with Crippen LogP contribution in [0, 0.1) is 5.92 Å². The maximum atomic E-state index is 12.5. The van der Waals surface area contributed by atoms with Crippen molar-refractivity contribution in [1.29, 1.82) is 0 Å². The number of pyridine rings is 1. The summed E-state index contributed by atoms with van der Waals surface area (Å²) in [5.41, 5.74) is 4.05. The van der Waals surface area contributed by atoms with E-state index in [0.717, 1.165) is 67.5 Å². The molecule has 6 heteroatoms. The van der Waals surface area contributed by atoms with Crippen molar-refractivity contribution in [2.75, 3.05) is 13.1 Å². The number of likely N-dealkylation sites (tertiary alicyclic amines) is 1. The molecule has 2 aliphatic heterocycles. The van der Waals surface area contributed by atoms with Crippen molar-refractivity contribution >= 4 is 11.0 Å². The molecule has 0 amide bonds. The second-order valence-electron chi connectivity index (χ2n) is 9.03. The van der Waals surface area contributed by atoms with Crippen LogP contribution >= 0.6 is 0 Å². The second-order valence-corrected chi connectivity index (χ2v) is 9.03. The van der Waals surface area contributed by atoms with Gasteiger partial charge in [0.05, 0.1) is 5.56 Å². The Hall–Kier alpha value is -2.86. The summed E-state index contributed by atoms with van der Waals surface area (Å²) < 4.78 is 7.66. The highest BCUT2D eigenvalue weighted by molar-refractivity contribution is 5.86. The predicted octanol–water partition coefficient (Wildman–Crippen LogP) is 2.77. The van der Waals surface area contributed by atoms with E-state index in [1.165, 1.54) is 0 Å². The SMILES string of the molecule is O=c1oc2c(CN3C[C@H]4C[C@@H](C3)c3cccc(=O)n3C4)c(O)ccc2c2c1CCC2. The third-order valence-electron chi connectivity index (χ3n) is 7.16. The van der Waals surface area contributed by atoms with E-state index in [4.69, 9.17) is 4.42 Å². The first kappa shape index (κ1) is 18.0. The summed E-state index contributed by atoms with van der Waals surface area (Å²) in [5, 5.41) is 11.6. The van der Waals surface area contributed by atoms with E-state index in [9.17, 15) is 14.7 Å². The van der Waals surface area contributed by atoms with E-state index in [1.807, 2.05) is 16.7 Å². The minimum Gasteiger partial charge on any atom is -0.507 e. The number of aromatic nitrogens is 1. The number of benzene rings is 1. The summed E-state index contributed by atoms with van der Waals surface area (Å²) in [6.45, 7) is 2.97. The number of nitrogens with zero attached hydrogens (tertiary/aromatic N) is 2. The molecule has 0 unspecified atom stereocenters. The van der Waals surface area contributed by atoms with Crippen LogP contribution in [0.5, 0.6) is 5.75 Å². The normalized spacial score (nSPS) is 22.8. The van der Waals surface area contributed by atoms with Crippen molar-refractivity contribution in [3.63, 3.8) is 0 Å². The van der Waals surface area contributed by atoms with Gasteiger partial charge in [-0.25, -0.2) is 4.79 Å². The Bertz CT molecular complexity index is 1290. The number of aromatic hydroxyl groups is 1. The highest BCUT2D eigenvalue weighted by Crippen LogP contribution is 2.38. The van der Waals surface area contributed by atoms with Gasteiger partial charge in [-0.05, 0) is 55.4 Å². The van der Waals surface area contributed by atoms with Crippen molar-refractivity contribution in [2.45, 2.75) is 44.7 Å². The van der Waals surface area contributed by atoms with Gasteiger partial charge in [0.2, 0.25) is 0 Å². The average molecular weight is 404 g/mol. The number of phenols is 1. The van der Waals surface area contributed by atoms with Crippen molar-refractivity contribution in [3.05, 3.63) is 73.5 Å². The monoisotopic (exact) mass is 404 g/mol. The Labute approximate surface area is 173 Å². The van der Waals surface area contributed by atoms with E-state index in [1.54, 1.807) is 12.1 Å². The third-order valence-corrected chi connectivity index (χ3v) is 7.16. The number of piperidine rings is 1. The lowest BCUT2D eigenvalue weighted by Crippen LogP contribution is -2.46. The van der Waals surface area contributed by atoms with E-state index in [2.05, 4.69) is 11.0 Å². The zero-order chi connectivity index (χ0) is 20.4. The zero-order valence-corrected chi connectivity index (χ0v) is 16.8. The fourth-order valence-electron chi connectivity index (χ4n) is 5.89. The van der Waals surface area contributed by atoms with Gasteiger partial charge in [-0.15, -0.1) is 0 Å². The van der Waals surface area contributed by atoms with Gasteiger partial charge in [0, 0.05) is 54.8 Å². The van der Waals surface area contributed by atoms with E-state index in [0.29, 0.717) is 29.5 Å². The molecule has 3 aliphatic rings. The molecule has 3 aromatic rings. The molecule has 6 rings (SSSR count). The van der Waals surface area contributed by atoms with Crippen molar-refractivity contribution in [3.8, 4) is 5.75 Å². The molecular weight excluding hydrogens is 380 g/mol. The number of hydrogen-bond acceptors (Lipinski definition) is 5. The molecule has 1 aromatic carbocycles. The Balaban J connectivity index is 1.38. The summed E-state index contributed by atoms with van der Waals surface area (Å²) in [6, 6.07) is 9.16. The molecule has 1 N–H and O–H groups in total. The van der Waals surface area contributed by atoms with Gasteiger partial charge in [-0.1, -0.05) is 6.07 Å². The molecule has 6 nitrogen and oxygen atoms in total. The topological polar surface area (TPSA) is 75.7 Å². The Morgan fingerprint density at radius 1 is 1.03 bits per heavy atom. The van der Waals surface area contributed by atoms with Crippen LogP contribution in [0.3, 0.4) is 0 Å². The van der Waals surface area contributed by atoms with Gasteiger partial charge in [-0.2, -0.15) is 0 Å². The lowest BCUT2D eigenvalue weighted by atomic mass is 9.83. The van der Waals surface area contributed by atoms with Crippen LogP contribution in [-0.4, -0.2) is 27.7 Å². The molecule has 154 valence electrons. The number of fused-ring (bicyclic) bond motifs is 7. The number of rotatable bonds is 2. The van der Waals surface area contributed by atoms with Crippen LogP contribution in [-0.2, 0) is 25.9 Å². The van der Waals surface area contributed by atoms with Crippen LogP contribution in [0.25, 0.3) is 11.0 Å². The quantitative estimate of drug-likeness (QED) is 0.665. The molecule has 2 bridgehead atoms. The Kier molecular flexibility index (Phi) is 3.93. The summed E-state index contributed by atoms with van der Waals surface area (Å²) in [4.78, 5) is 27.1. The molecule has 30 heavy (non-hydrogen) atoms. The lowest BCUT2D eigenvalue weighted by molar-refractivity contribution is 0.113. The van der Waals surface area contributed by atoms with Gasteiger partial charge < -0.3 is 14.1 Å². The van der Waals surface area contributed by atoms with Gasteiger partial charge in [0.1, 0.15) is 11.3 Å². The summed E-state index contributed by atoms with van der Waals surface area (Å²) >= 11 is 0. The van der Waals surface area contributed by atoms with Crippen LogP contribution in [0.2, 0.25) is 0 Å². The highest BCUT2D eigenvalue weighted by Gasteiger charge is 2.35. The summed E-state index contributed by atoms with van der Waals surface area (Å²) in [5.74, 6) is 0.889. The molecule has 2 atom stereocenters. The molecule has 2 aromatic heterocycles. The summed E-state index contributed by atoms with van der Waals surface area (Å²) in [7, 11) is 0. The van der Waals surface area contributed by atoms with Gasteiger partial charge in [0.25, 0.3) is 5.56 Å². The Morgan fingerprint density at radius 3 is 2.80 bits per heavy atom. The maximum absolute atomic E-state index is 12.5. The average Bonchev–Trinajstić information content (AvgIpc) is 3.22. The van der Waals surface area contributed by atoms with E-state index in [-0.39, 0.29) is 16.9 Å². The van der Waals surface area contributed by atoms with Crippen LogP contribution < -0.4 is 11.2 Å². The molecule has 1 saturated heterocycles. The predicted molar refractivity (Wildman–Crippen MR) is 113 cm³/mol. The van der Waals surface area contributed by atoms with Crippen LogP contribution in [0.4, 0.5) is 0 Å². The highest BCUT2D eigenvalue weighted by atomic mass is 16.4. The van der Waals surface area contributed by atoms with Crippen LogP contribution in [0.1, 0.15) is 41.1 Å². The minimum atomic E-state index is -0.259. The first-order valence-electron chi connectivity index (χ1n) is 10.8. The standard InChI is InChI=1S/C24H24N2O4/c27-21-8-7-17-16-3-1-4-18(16)24(29)30-23(17)19(21)13-25-10-14-9-15(12-25)20-5-2-6-22(28)26(20)11-14/h2,5-8,14-15,27H,1,3-4,9-13H2/t14-,15+/m1/s1. The molecule has 4 heterocycles. The van der Waals surface area contributed by atoms with E-state index >= 15 is 0 Å². The fraction of sp³-hybridized carbons (Fsp3) is 0.417. The summed E-state index contributed by atoms with van der Waals surface area (Å²) in [6.07, 6.45) is 3.73. The second kappa shape index (κ2) is 6.57.